The van der Waals surface area contributed by atoms with Crippen molar-refractivity contribution >= 4 is 29.1 Å². The first-order valence-electron chi connectivity index (χ1n) is 9.72. The van der Waals surface area contributed by atoms with Crippen molar-refractivity contribution in [2.24, 2.45) is 0 Å². The molecule has 1 saturated heterocycles. The van der Waals surface area contributed by atoms with E-state index < -0.39 is 0 Å². The lowest BCUT2D eigenvalue weighted by Crippen LogP contribution is -3.28. The molecule has 0 unspecified atom stereocenters. The summed E-state index contributed by atoms with van der Waals surface area (Å²) in [6.45, 7) is 4.51. The van der Waals surface area contributed by atoms with Crippen LogP contribution >= 0.6 is 11.6 Å². The van der Waals surface area contributed by atoms with Crippen LogP contribution in [0.1, 0.15) is 5.56 Å². The minimum atomic E-state index is -0.287. The van der Waals surface area contributed by atoms with E-state index in [1.165, 1.54) is 21.9 Å². The predicted octanol–water partition coefficient (Wildman–Crippen LogP) is -0.483. The zero-order valence-electron chi connectivity index (χ0n) is 16.1. The maximum atomic E-state index is 12.9. The topological polar surface area (TPSA) is 67.1 Å². The average Bonchev–Trinajstić information content (AvgIpc) is 2.71. The zero-order chi connectivity index (χ0) is 20.6. The molecule has 1 aliphatic rings. The van der Waals surface area contributed by atoms with E-state index in [2.05, 4.69) is 10.6 Å². The number of halogens is 2. The van der Waals surface area contributed by atoms with Gasteiger partial charge in [-0.1, -0.05) is 35.9 Å². The second kappa shape index (κ2) is 10.3. The lowest BCUT2D eigenvalue weighted by Gasteiger charge is -2.29. The third-order valence-corrected chi connectivity index (χ3v) is 5.37. The van der Waals surface area contributed by atoms with Crippen LogP contribution in [0.4, 0.5) is 10.1 Å². The molecule has 154 valence electrons. The lowest BCUT2D eigenvalue weighted by molar-refractivity contribution is -1.00. The van der Waals surface area contributed by atoms with Crippen LogP contribution in [0, 0.1) is 5.82 Å². The van der Waals surface area contributed by atoms with Gasteiger partial charge in [0.05, 0.1) is 10.7 Å². The van der Waals surface area contributed by atoms with Gasteiger partial charge in [0.25, 0.3) is 11.8 Å². The molecule has 1 heterocycles. The Balaban J connectivity index is 1.35. The molecule has 2 aromatic rings. The van der Waals surface area contributed by atoms with Gasteiger partial charge in [-0.15, -0.1) is 0 Å². The third kappa shape index (κ3) is 6.81. The number of benzene rings is 2. The molecule has 1 aliphatic heterocycles. The van der Waals surface area contributed by atoms with Gasteiger partial charge in [0, 0.05) is 6.54 Å². The number of nitrogens with one attached hydrogen (secondary N) is 4. The number of para-hydroxylation sites is 1. The summed E-state index contributed by atoms with van der Waals surface area (Å²) in [5.41, 5.74) is 1.49. The molecule has 0 radical (unpaired) electrons. The van der Waals surface area contributed by atoms with Crippen molar-refractivity contribution in [2.75, 3.05) is 44.6 Å². The first-order valence-corrected chi connectivity index (χ1v) is 10.1. The van der Waals surface area contributed by atoms with E-state index in [4.69, 9.17) is 11.6 Å². The number of hydrogen-bond acceptors (Lipinski definition) is 2. The highest BCUT2D eigenvalue weighted by molar-refractivity contribution is 6.33. The monoisotopic (exact) mass is 420 g/mol. The van der Waals surface area contributed by atoms with Gasteiger partial charge in [-0.2, -0.15) is 0 Å². The summed E-state index contributed by atoms with van der Waals surface area (Å²) < 4.78 is 12.9. The van der Waals surface area contributed by atoms with E-state index in [1.807, 2.05) is 12.1 Å². The number of amides is 2. The van der Waals surface area contributed by atoms with Gasteiger partial charge in [0.15, 0.2) is 13.1 Å². The number of quaternary nitrogens is 2. The fourth-order valence-corrected chi connectivity index (χ4v) is 3.57. The maximum Gasteiger partial charge on any atom is 0.279 e. The van der Waals surface area contributed by atoms with Gasteiger partial charge in [-0.25, -0.2) is 4.39 Å². The van der Waals surface area contributed by atoms with E-state index in [0.717, 1.165) is 31.7 Å². The third-order valence-electron chi connectivity index (χ3n) is 5.04. The molecule has 0 aromatic heterocycles. The molecule has 2 aromatic carbocycles. The second-order valence-corrected chi connectivity index (χ2v) is 7.69. The summed E-state index contributed by atoms with van der Waals surface area (Å²) in [4.78, 5) is 26.8. The number of rotatable bonds is 7. The van der Waals surface area contributed by atoms with E-state index in [0.29, 0.717) is 30.3 Å². The molecule has 8 heteroatoms. The summed E-state index contributed by atoms with van der Waals surface area (Å²) in [6.07, 6.45) is 0. The van der Waals surface area contributed by atoms with Gasteiger partial charge in [0.2, 0.25) is 0 Å². The average molecular weight is 421 g/mol. The molecule has 6 nitrogen and oxygen atoms in total. The summed E-state index contributed by atoms with van der Waals surface area (Å²) in [6, 6.07) is 13.3. The van der Waals surface area contributed by atoms with Crippen LogP contribution in [0.25, 0.3) is 0 Å². The van der Waals surface area contributed by atoms with Crippen LogP contribution in [-0.4, -0.2) is 51.1 Å². The van der Waals surface area contributed by atoms with Gasteiger partial charge >= 0.3 is 0 Å². The fraction of sp³-hybridized carbons (Fsp3) is 0.333. The van der Waals surface area contributed by atoms with Crippen molar-refractivity contribution in [1.82, 2.24) is 5.32 Å². The van der Waals surface area contributed by atoms with E-state index in [1.54, 1.807) is 24.3 Å². The Hall–Kier alpha value is -2.48. The first kappa shape index (κ1) is 21.2. The van der Waals surface area contributed by atoms with Gasteiger partial charge in [-0.3, -0.25) is 9.59 Å². The van der Waals surface area contributed by atoms with Crippen molar-refractivity contribution in [3.05, 3.63) is 64.9 Å². The Morgan fingerprint density at radius 1 is 0.897 bits per heavy atom. The normalized spacial score (nSPS) is 18.8. The number of hydrogen-bond donors (Lipinski definition) is 4. The number of carbonyl (C=O) groups is 2. The molecule has 0 saturated carbocycles. The second-order valence-electron chi connectivity index (χ2n) is 7.28. The zero-order valence-corrected chi connectivity index (χ0v) is 16.9. The van der Waals surface area contributed by atoms with E-state index in [-0.39, 0.29) is 17.6 Å². The largest absolute Gasteiger partial charge is 0.347 e. The first-order chi connectivity index (χ1) is 14.0. The molecule has 0 bridgehead atoms. The Morgan fingerprint density at radius 3 is 2.10 bits per heavy atom. The SMILES string of the molecule is O=C(C[NH+]1CC[NH+](CC(=O)Nc2ccccc2Cl)CC1)NCc1ccc(F)cc1. The highest BCUT2D eigenvalue weighted by Gasteiger charge is 2.26. The quantitative estimate of drug-likeness (QED) is 0.489. The molecule has 0 spiro atoms. The fourth-order valence-electron chi connectivity index (χ4n) is 3.39. The number of piperazine rings is 1. The number of carbonyl (C=O) groups excluding carboxylic acids is 2. The molecule has 0 atom stereocenters. The van der Waals surface area contributed by atoms with Gasteiger partial charge in [-0.05, 0) is 29.8 Å². The van der Waals surface area contributed by atoms with Crippen molar-refractivity contribution in [3.8, 4) is 0 Å². The van der Waals surface area contributed by atoms with Gasteiger partial charge in [0.1, 0.15) is 32.0 Å². The van der Waals surface area contributed by atoms with Crippen molar-refractivity contribution in [2.45, 2.75) is 6.54 Å². The van der Waals surface area contributed by atoms with Crippen molar-refractivity contribution in [3.63, 3.8) is 0 Å². The summed E-state index contributed by atoms with van der Waals surface area (Å²) in [5, 5.41) is 6.25. The lowest BCUT2D eigenvalue weighted by atomic mass is 10.2. The van der Waals surface area contributed by atoms with Crippen LogP contribution in [-0.2, 0) is 16.1 Å². The highest BCUT2D eigenvalue weighted by atomic mass is 35.5. The van der Waals surface area contributed by atoms with Crippen LogP contribution in [0.3, 0.4) is 0 Å². The van der Waals surface area contributed by atoms with Crippen molar-refractivity contribution < 1.29 is 23.8 Å². The van der Waals surface area contributed by atoms with Gasteiger partial charge < -0.3 is 20.4 Å². The molecule has 1 fully saturated rings. The highest BCUT2D eigenvalue weighted by Crippen LogP contribution is 2.19. The number of anilines is 1. The summed E-state index contributed by atoms with van der Waals surface area (Å²) in [7, 11) is 0. The molecular weight excluding hydrogens is 395 g/mol. The molecule has 2 amide bonds. The predicted molar refractivity (Wildman–Crippen MR) is 109 cm³/mol. The van der Waals surface area contributed by atoms with Crippen molar-refractivity contribution in [1.29, 1.82) is 0 Å². The Bertz CT molecular complexity index is 839. The minimum absolute atomic E-state index is 0.0239. The van der Waals surface area contributed by atoms with Crippen LogP contribution < -0.4 is 20.4 Å². The Labute approximate surface area is 174 Å². The molecule has 29 heavy (non-hydrogen) atoms. The Morgan fingerprint density at radius 2 is 1.48 bits per heavy atom. The summed E-state index contributed by atoms with van der Waals surface area (Å²) in [5.74, 6) is -0.372. The molecule has 0 aliphatic carbocycles. The standard InChI is InChI=1S/C21H24ClFN4O2/c22-18-3-1-2-4-19(18)25-21(29)15-27-11-9-26(10-12-27)14-20(28)24-13-16-5-7-17(23)8-6-16/h1-8H,9-15H2,(H,24,28)(H,25,29)/p+2. The maximum absolute atomic E-state index is 12.9. The van der Waals surface area contributed by atoms with E-state index in [9.17, 15) is 14.0 Å². The Kier molecular flexibility index (Phi) is 7.57. The van der Waals surface area contributed by atoms with E-state index >= 15 is 0 Å². The van der Waals surface area contributed by atoms with Crippen LogP contribution in [0.15, 0.2) is 48.5 Å². The molecular formula is C21H26ClFN4O2+2. The van der Waals surface area contributed by atoms with Crippen LogP contribution in [0.5, 0.6) is 0 Å². The molecule has 4 N–H and O–H groups in total. The summed E-state index contributed by atoms with van der Waals surface area (Å²) >= 11 is 6.07. The smallest absolute Gasteiger partial charge is 0.279 e. The minimum Gasteiger partial charge on any atom is -0.347 e. The molecule has 3 rings (SSSR count). The van der Waals surface area contributed by atoms with Crippen LogP contribution in [0.2, 0.25) is 5.02 Å².